The van der Waals surface area contributed by atoms with Crippen molar-refractivity contribution in [3.63, 3.8) is 0 Å². The van der Waals surface area contributed by atoms with Gasteiger partial charge in [-0.1, -0.05) is 18.2 Å². The molecule has 0 heterocycles. The van der Waals surface area contributed by atoms with E-state index in [1.54, 1.807) is 12.1 Å². The molecule has 1 aromatic rings. The van der Waals surface area contributed by atoms with E-state index in [-0.39, 0.29) is 4.90 Å². The number of hydrogen-bond acceptors (Lipinski definition) is 3. The second-order valence-corrected chi connectivity index (χ2v) is 7.06. The van der Waals surface area contributed by atoms with Gasteiger partial charge in [-0.2, -0.15) is 0 Å². The minimum atomic E-state index is -3.62. The molecule has 102 valence electrons. The summed E-state index contributed by atoms with van der Waals surface area (Å²) in [5.74, 6) is 2.11. The average molecular weight is 278 g/mol. The molecule has 0 spiro atoms. The second-order valence-electron chi connectivity index (χ2n) is 5.49. The second kappa shape index (κ2) is 4.65. The molecule has 4 nitrogen and oxygen atoms in total. The predicted octanol–water partition coefficient (Wildman–Crippen LogP) is 1.96. The maximum Gasteiger partial charge on any atom is 0.238 e. The first-order valence-corrected chi connectivity index (χ1v) is 8.12. The van der Waals surface area contributed by atoms with Gasteiger partial charge < -0.3 is 5.32 Å². The number of benzene rings is 1. The van der Waals surface area contributed by atoms with Gasteiger partial charge in [0, 0.05) is 12.2 Å². The molecule has 1 saturated carbocycles. The Hall–Kier alpha value is -1.33. The maximum absolute atomic E-state index is 11.3. The van der Waals surface area contributed by atoms with Crippen LogP contribution >= 0.6 is 0 Å². The summed E-state index contributed by atoms with van der Waals surface area (Å²) in [4.78, 5) is 0.158. The third kappa shape index (κ3) is 2.67. The van der Waals surface area contributed by atoms with Crippen molar-refractivity contribution in [1.82, 2.24) is 0 Å². The number of allylic oxidation sites excluding steroid dienone is 2. The fourth-order valence-electron chi connectivity index (χ4n) is 3.16. The minimum Gasteiger partial charge on any atom is -0.385 e. The zero-order valence-corrected chi connectivity index (χ0v) is 11.4. The number of primary sulfonamides is 1. The van der Waals surface area contributed by atoms with Gasteiger partial charge in [0.2, 0.25) is 10.0 Å². The van der Waals surface area contributed by atoms with Crippen LogP contribution in [0.5, 0.6) is 0 Å². The molecule has 5 heteroatoms. The van der Waals surface area contributed by atoms with Gasteiger partial charge in [0.25, 0.3) is 0 Å². The highest BCUT2D eigenvalue weighted by Gasteiger charge is 2.35. The van der Waals surface area contributed by atoms with Crippen molar-refractivity contribution in [2.24, 2.45) is 22.9 Å². The minimum absolute atomic E-state index is 0.158. The van der Waals surface area contributed by atoms with Crippen LogP contribution in [-0.2, 0) is 10.0 Å². The van der Waals surface area contributed by atoms with Gasteiger partial charge in [-0.05, 0) is 48.8 Å². The van der Waals surface area contributed by atoms with Gasteiger partial charge in [-0.3, -0.25) is 0 Å². The van der Waals surface area contributed by atoms with Crippen LogP contribution in [0.15, 0.2) is 41.3 Å². The van der Waals surface area contributed by atoms with Crippen LogP contribution < -0.4 is 10.5 Å². The van der Waals surface area contributed by atoms with Gasteiger partial charge in [0.15, 0.2) is 0 Å². The van der Waals surface area contributed by atoms with E-state index in [9.17, 15) is 8.42 Å². The van der Waals surface area contributed by atoms with E-state index in [0.717, 1.165) is 18.2 Å². The highest BCUT2D eigenvalue weighted by Crippen LogP contribution is 2.43. The van der Waals surface area contributed by atoms with Crippen molar-refractivity contribution in [2.75, 3.05) is 11.9 Å². The average Bonchev–Trinajstić information content (AvgIpc) is 2.98. The maximum atomic E-state index is 11.3. The smallest absolute Gasteiger partial charge is 0.238 e. The Bertz CT molecular complexity index is 610. The van der Waals surface area contributed by atoms with Crippen molar-refractivity contribution < 1.29 is 8.42 Å². The summed E-state index contributed by atoms with van der Waals surface area (Å²) in [6.07, 6.45) is 7.16. The van der Waals surface area contributed by atoms with E-state index in [0.29, 0.717) is 11.8 Å². The Morgan fingerprint density at radius 1 is 1.26 bits per heavy atom. The SMILES string of the molecule is NS(=O)(=O)c1cccc(NCC2CC3C=CC2C3)c1. The van der Waals surface area contributed by atoms with Crippen LogP contribution in [-0.4, -0.2) is 15.0 Å². The molecule has 1 aromatic carbocycles. The first kappa shape index (κ1) is 12.7. The normalized spacial score (nSPS) is 28.8. The first-order valence-electron chi connectivity index (χ1n) is 6.57. The molecular weight excluding hydrogens is 260 g/mol. The van der Waals surface area contributed by atoms with E-state index in [1.807, 2.05) is 6.07 Å². The summed E-state index contributed by atoms with van der Waals surface area (Å²) in [7, 11) is -3.62. The number of sulfonamides is 1. The quantitative estimate of drug-likeness (QED) is 0.827. The lowest BCUT2D eigenvalue weighted by Gasteiger charge is -2.19. The standard InChI is InChI=1S/C14H18N2O2S/c15-19(17,18)14-3-1-2-13(8-14)16-9-12-7-10-4-5-11(12)6-10/h1-5,8,10-12,16H,6-7,9H2,(H2,15,17,18). The third-order valence-corrected chi connectivity index (χ3v) is 5.06. The fraction of sp³-hybridized carbons (Fsp3) is 0.429. The molecule has 0 saturated heterocycles. The van der Waals surface area contributed by atoms with E-state index < -0.39 is 10.0 Å². The van der Waals surface area contributed by atoms with Crippen molar-refractivity contribution in [3.05, 3.63) is 36.4 Å². The number of hydrogen-bond donors (Lipinski definition) is 2. The zero-order chi connectivity index (χ0) is 13.5. The monoisotopic (exact) mass is 278 g/mol. The topological polar surface area (TPSA) is 72.2 Å². The molecule has 3 unspecified atom stereocenters. The van der Waals surface area contributed by atoms with E-state index in [1.165, 1.54) is 18.9 Å². The van der Waals surface area contributed by atoms with Crippen LogP contribution in [0.3, 0.4) is 0 Å². The molecule has 3 rings (SSSR count). The van der Waals surface area contributed by atoms with Gasteiger partial charge >= 0.3 is 0 Å². The van der Waals surface area contributed by atoms with E-state index in [4.69, 9.17) is 5.14 Å². The molecule has 2 aliphatic carbocycles. The molecule has 2 bridgehead atoms. The van der Waals surface area contributed by atoms with Crippen molar-refractivity contribution >= 4 is 15.7 Å². The third-order valence-electron chi connectivity index (χ3n) is 4.15. The number of fused-ring (bicyclic) bond motifs is 2. The highest BCUT2D eigenvalue weighted by molar-refractivity contribution is 7.89. The van der Waals surface area contributed by atoms with E-state index >= 15 is 0 Å². The zero-order valence-electron chi connectivity index (χ0n) is 10.6. The Kier molecular flexibility index (Phi) is 3.11. The fourth-order valence-corrected chi connectivity index (χ4v) is 3.72. The molecular formula is C14H18N2O2S. The highest BCUT2D eigenvalue weighted by atomic mass is 32.2. The molecule has 3 atom stereocenters. The van der Waals surface area contributed by atoms with Crippen LogP contribution in [0.25, 0.3) is 0 Å². The Balaban J connectivity index is 1.66. The number of anilines is 1. The number of nitrogens with two attached hydrogens (primary N) is 1. The van der Waals surface area contributed by atoms with Crippen LogP contribution in [0.4, 0.5) is 5.69 Å². The summed E-state index contributed by atoms with van der Waals surface area (Å²) in [6.45, 7) is 0.888. The number of nitrogens with one attached hydrogen (secondary N) is 1. The summed E-state index contributed by atoms with van der Waals surface area (Å²) in [5.41, 5.74) is 0.818. The number of rotatable bonds is 4. The van der Waals surface area contributed by atoms with Gasteiger partial charge in [-0.25, -0.2) is 13.6 Å². The lowest BCUT2D eigenvalue weighted by molar-refractivity contribution is 0.472. The summed E-state index contributed by atoms with van der Waals surface area (Å²) in [5, 5.41) is 8.46. The molecule has 0 radical (unpaired) electrons. The molecule has 0 aliphatic heterocycles. The lowest BCUT2D eigenvalue weighted by atomic mass is 9.93. The largest absolute Gasteiger partial charge is 0.385 e. The van der Waals surface area contributed by atoms with Crippen molar-refractivity contribution in [1.29, 1.82) is 0 Å². The molecule has 3 N–H and O–H groups in total. The summed E-state index contributed by atoms with van der Waals surface area (Å²) >= 11 is 0. The van der Waals surface area contributed by atoms with Gasteiger partial charge in [0.1, 0.15) is 0 Å². The van der Waals surface area contributed by atoms with Crippen LogP contribution in [0.1, 0.15) is 12.8 Å². The van der Waals surface area contributed by atoms with Crippen LogP contribution in [0, 0.1) is 17.8 Å². The summed E-state index contributed by atoms with van der Waals surface area (Å²) in [6, 6.07) is 6.69. The summed E-state index contributed by atoms with van der Waals surface area (Å²) < 4.78 is 22.6. The Labute approximate surface area is 113 Å². The molecule has 2 aliphatic rings. The Morgan fingerprint density at radius 3 is 2.74 bits per heavy atom. The first-order chi connectivity index (χ1) is 9.02. The predicted molar refractivity (Wildman–Crippen MR) is 75.1 cm³/mol. The van der Waals surface area contributed by atoms with E-state index in [2.05, 4.69) is 17.5 Å². The molecule has 1 fully saturated rings. The van der Waals surface area contributed by atoms with Gasteiger partial charge in [-0.15, -0.1) is 0 Å². The Morgan fingerprint density at radius 2 is 2.11 bits per heavy atom. The van der Waals surface area contributed by atoms with Gasteiger partial charge in [0.05, 0.1) is 4.90 Å². The molecule has 0 aromatic heterocycles. The lowest BCUT2D eigenvalue weighted by Crippen LogP contribution is -2.18. The molecule has 0 amide bonds. The van der Waals surface area contributed by atoms with Crippen LogP contribution in [0.2, 0.25) is 0 Å². The van der Waals surface area contributed by atoms with Crippen molar-refractivity contribution in [2.45, 2.75) is 17.7 Å². The molecule has 19 heavy (non-hydrogen) atoms. The van der Waals surface area contributed by atoms with Crippen molar-refractivity contribution in [3.8, 4) is 0 Å².